The summed E-state index contributed by atoms with van der Waals surface area (Å²) < 4.78 is 0. The molecule has 0 amide bonds. The molecule has 0 saturated heterocycles. The lowest BCUT2D eigenvalue weighted by molar-refractivity contribution is 0.756. The third-order valence-corrected chi connectivity index (χ3v) is 2.33. The van der Waals surface area contributed by atoms with Gasteiger partial charge in [0.1, 0.15) is 11.6 Å². The van der Waals surface area contributed by atoms with Crippen molar-refractivity contribution < 1.29 is 0 Å². The van der Waals surface area contributed by atoms with Crippen molar-refractivity contribution in [3.63, 3.8) is 0 Å². The van der Waals surface area contributed by atoms with Gasteiger partial charge < -0.3 is 10.2 Å². The van der Waals surface area contributed by atoms with Crippen LogP contribution in [0.1, 0.15) is 18.4 Å². The van der Waals surface area contributed by atoms with Crippen molar-refractivity contribution in [2.24, 2.45) is 0 Å². The van der Waals surface area contributed by atoms with Gasteiger partial charge in [0.25, 0.3) is 0 Å². The fourth-order valence-corrected chi connectivity index (χ4v) is 1.38. The van der Waals surface area contributed by atoms with Gasteiger partial charge in [-0.2, -0.15) is 0 Å². The van der Waals surface area contributed by atoms with E-state index < -0.39 is 0 Å². The van der Waals surface area contributed by atoms with E-state index in [0.29, 0.717) is 0 Å². The molecule has 0 saturated carbocycles. The molecular formula is C11H20N4. The maximum absolute atomic E-state index is 4.42. The Morgan fingerprint density at radius 1 is 1.40 bits per heavy atom. The van der Waals surface area contributed by atoms with Gasteiger partial charge in [-0.25, -0.2) is 9.97 Å². The Morgan fingerprint density at radius 2 is 2.13 bits per heavy atom. The van der Waals surface area contributed by atoms with Crippen LogP contribution in [0, 0.1) is 6.92 Å². The molecule has 0 aliphatic carbocycles. The number of hydrogen-bond donors (Lipinski definition) is 1. The van der Waals surface area contributed by atoms with Gasteiger partial charge in [0.15, 0.2) is 0 Å². The third kappa shape index (κ3) is 3.47. The van der Waals surface area contributed by atoms with E-state index in [0.717, 1.165) is 36.8 Å². The lowest BCUT2D eigenvalue weighted by Gasteiger charge is -2.18. The van der Waals surface area contributed by atoms with E-state index in [4.69, 9.17) is 0 Å². The minimum atomic E-state index is 0.848. The zero-order chi connectivity index (χ0) is 11.3. The highest BCUT2D eigenvalue weighted by atomic mass is 15.2. The van der Waals surface area contributed by atoms with Crippen molar-refractivity contribution in [3.8, 4) is 0 Å². The van der Waals surface area contributed by atoms with Crippen LogP contribution in [0.5, 0.6) is 0 Å². The summed E-state index contributed by atoms with van der Waals surface area (Å²) in [4.78, 5) is 10.9. The van der Waals surface area contributed by atoms with E-state index in [1.165, 1.54) is 0 Å². The van der Waals surface area contributed by atoms with E-state index >= 15 is 0 Å². The molecule has 1 N–H and O–H groups in total. The molecule has 1 heterocycles. The van der Waals surface area contributed by atoms with E-state index in [2.05, 4.69) is 40.2 Å². The summed E-state index contributed by atoms with van der Waals surface area (Å²) in [5.74, 6) is 1.86. The first-order valence-electron chi connectivity index (χ1n) is 5.37. The molecule has 0 aromatic carbocycles. The second-order valence-electron chi connectivity index (χ2n) is 3.64. The zero-order valence-electron chi connectivity index (χ0n) is 10.0. The first kappa shape index (κ1) is 11.9. The van der Waals surface area contributed by atoms with Crippen LogP contribution >= 0.6 is 0 Å². The van der Waals surface area contributed by atoms with Crippen LogP contribution in [0.15, 0.2) is 6.07 Å². The highest BCUT2D eigenvalue weighted by Gasteiger charge is 2.04. The van der Waals surface area contributed by atoms with Crippen molar-refractivity contribution in [2.45, 2.75) is 20.3 Å². The molecule has 0 atom stereocenters. The predicted molar refractivity (Wildman–Crippen MR) is 63.3 cm³/mol. The number of hydrogen-bond acceptors (Lipinski definition) is 4. The van der Waals surface area contributed by atoms with E-state index in [1.807, 2.05) is 14.0 Å². The normalized spacial score (nSPS) is 10.4. The van der Waals surface area contributed by atoms with Gasteiger partial charge in [0, 0.05) is 31.9 Å². The third-order valence-electron chi connectivity index (χ3n) is 2.33. The fraction of sp³-hybridized carbons (Fsp3) is 0.636. The topological polar surface area (TPSA) is 41.0 Å². The summed E-state index contributed by atoms with van der Waals surface area (Å²) in [5.41, 5.74) is 1.11. The van der Waals surface area contributed by atoms with Gasteiger partial charge in [-0.15, -0.1) is 0 Å². The predicted octanol–water partition coefficient (Wildman–Crippen LogP) is 1.00. The summed E-state index contributed by atoms with van der Waals surface area (Å²) in [6.07, 6.45) is 0.955. The summed E-state index contributed by atoms with van der Waals surface area (Å²) in [6.45, 7) is 5.96. The summed E-state index contributed by atoms with van der Waals surface area (Å²) in [5, 5.41) is 3.13. The fourth-order valence-electron chi connectivity index (χ4n) is 1.38. The maximum Gasteiger partial charge on any atom is 0.132 e. The molecule has 0 spiro atoms. The number of aryl methyl sites for hydroxylation is 2. The number of anilines is 1. The van der Waals surface area contributed by atoms with Crippen LogP contribution in [0.4, 0.5) is 5.82 Å². The Morgan fingerprint density at radius 3 is 2.73 bits per heavy atom. The summed E-state index contributed by atoms with van der Waals surface area (Å²) in [7, 11) is 4.01. The Labute approximate surface area is 91.7 Å². The monoisotopic (exact) mass is 208 g/mol. The molecule has 0 aliphatic heterocycles. The molecule has 1 aromatic heterocycles. The molecular weight excluding hydrogens is 188 g/mol. The maximum atomic E-state index is 4.42. The molecule has 84 valence electrons. The summed E-state index contributed by atoms with van der Waals surface area (Å²) >= 11 is 0. The average Bonchev–Trinajstić information content (AvgIpc) is 2.24. The van der Waals surface area contributed by atoms with E-state index in [-0.39, 0.29) is 0 Å². The number of nitrogens with one attached hydrogen (secondary N) is 1. The van der Waals surface area contributed by atoms with Crippen molar-refractivity contribution >= 4 is 5.82 Å². The zero-order valence-corrected chi connectivity index (χ0v) is 10.0. The molecule has 4 nitrogen and oxygen atoms in total. The number of nitrogens with zero attached hydrogens (tertiary/aromatic N) is 3. The molecule has 0 radical (unpaired) electrons. The molecule has 0 fully saturated rings. The second kappa shape index (κ2) is 5.66. The van der Waals surface area contributed by atoms with Gasteiger partial charge in [-0.3, -0.25) is 0 Å². The average molecular weight is 208 g/mol. The standard InChI is InChI=1S/C11H20N4/c1-5-10-8-11(14-9(2)13-10)15(4)7-6-12-3/h8,12H,5-7H2,1-4H3. The van der Waals surface area contributed by atoms with Crippen molar-refractivity contribution in [2.75, 3.05) is 32.1 Å². The van der Waals surface area contributed by atoms with Gasteiger partial charge in [0.05, 0.1) is 0 Å². The highest BCUT2D eigenvalue weighted by molar-refractivity contribution is 5.38. The Bertz CT molecular complexity index is 311. The largest absolute Gasteiger partial charge is 0.358 e. The molecule has 0 bridgehead atoms. The van der Waals surface area contributed by atoms with Gasteiger partial charge >= 0.3 is 0 Å². The summed E-state index contributed by atoms with van der Waals surface area (Å²) in [6, 6.07) is 2.06. The first-order valence-corrected chi connectivity index (χ1v) is 5.37. The van der Waals surface area contributed by atoms with Crippen LogP contribution in [-0.4, -0.2) is 37.2 Å². The van der Waals surface area contributed by atoms with Crippen molar-refractivity contribution in [3.05, 3.63) is 17.6 Å². The first-order chi connectivity index (χ1) is 7.17. The molecule has 0 unspecified atom stereocenters. The minimum Gasteiger partial charge on any atom is -0.358 e. The minimum absolute atomic E-state index is 0.848. The molecule has 0 aliphatic rings. The molecule has 4 heteroatoms. The van der Waals surface area contributed by atoms with Gasteiger partial charge in [-0.1, -0.05) is 6.92 Å². The van der Waals surface area contributed by atoms with Crippen molar-refractivity contribution in [1.82, 2.24) is 15.3 Å². The lowest BCUT2D eigenvalue weighted by atomic mass is 10.3. The van der Waals surface area contributed by atoms with E-state index in [1.54, 1.807) is 0 Å². The van der Waals surface area contributed by atoms with Gasteiger partial charge in [0.2, 0.25) is 0 Å². The van der Waals surface area contributed by atoms with E-state index in [9.17, 15) is 0 Å². The Kier molecular flexibility index (Phi) is 4.49. The lowest BCUT2D eigenvalue weighted by Crippen LogP contribution is -2.28. The Hall–Kier alpha value is -1.16. The van der Waals surface area contributed by atoms with Gasteiger partial charge in [-0.05, 0) is 20.4 Å². The Balaban J connectivity index is 2.78. The van der Waals surface area contributed by atoms with Crippen LogP contribution in [-0.2, 0) is 6.42 Å². The highest BCUT2D eigenvalue weighted by Crippen LogP contribution is 2.10. The number of aromatic nitrogens is 2. The quantitative estimate of drug-likeness (QED) is 0.784. The SMILES string of the molecule is CCc1cc(N(C)CCNC)nc(C)n1. The molecule has 1 aromatic rings. The van der Waals surface area contributed by atoms with Crippen LogP contribution in [0.25, 0.3) is 0 Å². The second-order valence-corrected chi connectivity index (χ2v) is 3.64. The van der Waals surface area contributed by atoms with Crippen molar-refractivity contribution in [1.29, 1.82) is 0 Å². The van der Waals surface area contributed by atoms with Crippen LogP contribution in [0.2, 0.25) is 0 Å². The van der Waals surface area contributed by atoms with Crippen LogP contribution in [0.3, 0.4) is 0 Å². The van der Waals surface area contributed by atoms with Crippen LogP contribution < -0.4 is 10.2 Å². The number of likely N-dealkylation sites (N-methyl/N-ethyl adjacent to an activating group) is 2. The molecule has 15 heavy (non-hydrogen) atoms. The smallest absolute Gasteiger partial charge is 0.132 e. The molecule has 1 rings (SSSR count). The number of rotatable bonds is 5.